The Morgan fingerprint density at radius 2 is 1.94 bits per heavy atom. The van der Waals surface area contributed by atoms with Gasteiger partial charge in [0, 0.05) is 44.4 Å². The van der Waals surface area contributed by atoms with Crippen molar-refractivity contribution >= 4 is 5.91 Å². The van der Waals surface area contributed by atoms with Crippen LogP contribution in [0.15, 0.2) is 73.1 Å². The maximum Gasteiger partial charge on any atom is 0.220 e. The highest BCUT2D eigenvalue weighted by Gasteiger charge is 2.48. The Kier molecular flexibility index (Phi) is 6.14. The summed E-state index contributed by atoms with van der Waals surface area (Å²) < 4.78 is 5.40. The van der Waals surface area contributed by atoms with E-state index >= 15 is 0 Å². The van der Waals surface area contributed by atoms with Gasteiger partial charge in [0.15, 0.2) is 0 Å². The van der Waals surface area contributed by atoms with E-state index in [1.54, 1.807) is 7.11 Å². The van der Waals surface area contributed by atoms with Crippen LogP contribution in [-0.4, -0.2) is 41.5 Å². The van der Waals surface area contributed by atoms with Crippen molar-refractivity contribution in [2.24, 2.45) is 0 Å². The molecule has 0 aliphatic carbocycles. The molecular weight excluding hydrogens is 410 g/mol. The van der Waals surface area contributed by atoms with Crippen LogP contribution in [0.1, 0.15) is 42.7 Å². The van der Waals surface area contributed by atoms with Crippen LogP contribution in [0.25, 0.3) is 11.1 Å². The summed E-state index contributed by atoms with van der Waals surface area (Å²) in [5, 5.41) is 3.45. The lowest BCUT2D eigenvalue weighted by atomic mass is 9.79. The second-order valence-corrected chi connectivity index (χ2v) is 9.35. The third-order valence-corrected chi connectivity index (χ3v) is 7.10. The molecule has 3 heterocycles. The Labute approximate surface area is 195 Å². The molecule has 170 valence electrons. The first-order valence-electron chi connectivity index (χ1n) is 11.8. The highest BCUT2D eigenvalue weighted by atomic mass is 16.5. The first kappa shape index (κ1) is 21.7. The van der Waals surface area contributed by atoms with Gasteiger partial charge in [-0.15, -0.1) is 0 Å². The Bertz CT molecular complexity index is 1120. The average molecular weight is 442 g/mol. The molecule has 0 unspecified atom stereocenters. The van der Waals surface area contributed by atoms with Crippen molar-refractivity contribution in [2.45, 2.75) is 43.7 Å². The number of rotatable bonds is 5. The van der Waals surface area contributed by atoms with Crippen LogP contribution in [0.2, 0.25) is 0 Å². The largest absolute Gasteiger partial charge is 0.497 e. The summed E-state index contributed by atoms with van der Waals surface area (Å²) in [7, 11) is 1.70. The van der Waals surface area contributed by atoms with Crippen LogP contribution >= 0.6 is 0 Å². The number of hydrogen-bond acceptors (Lipinski definition) is 4. The molecule has 1 amide bonds. The van der Waals surface area contributed by atoms with Crippen molar-refractivity contribution in [3.63, 3.8) is 0 Å². The lowest BCUT2D eigenvalue weighted by Gasteiger charge is -2.35. The van der Waals surface area contributed by atoms with Gasteiger partial charge in [-0.05, 0) is 59.4 Å². The van der Waals surface area contributed by atoms with Gasteiger partial charge in [-0.3, -0.25) is 14.7 Å². The molecule has 0 radical (unpaired) electrons. The summed E-state index contributed by atoms with van der Waals surface area (Å²) in [6, 6.07) is 21.1. The Morgan fingerprint density at radius 1 is 1.09 bits per heavy atom. The molecule has 2 aromatic carbocycles. The van der Waals surface area contributed by atoms with Crippen molar-refractivity contribution in [1.29, 1.82) is 0 Å². The third kappa shape index (κ3) is 4.64. The Morgan fingerprint density at radius 3 is 2.76 bits per heavy atom. The molecule has 1 aromatic heterocycles. The number of nitrogens with one attached hydrogen (secondary N) is 1. The van der Waals surface area contributed by atoms with Crippen LogP contribution in [0.4, 0.5) is 0 Å². The predicted molar refractivity (Wildman–Crippen MR) is 130 cm³/mol. The van der Waals surface area contributed by atoms with Gasteiger partial charge in [-0.1, -0.05) is 42.8 Å². The molecule has 2 aliphatic rings. The molecule has 0 bridgehead atoms. The number of benzene rings is 2. The van der Waals surface area contributed by atoms with E-state index in [1.807, 2.05) is 30.6 Å². The number of methoxy groups -OCH3 is 1. The van der Waals surface area contributed by atoms with Crippen molar-refractivity contribution in [2.75, 3.05) is 20.2 Å². The highest BCUT2D eigenvalue weighted by Crippen LogP contribution is 2.41. The average Bonchev–Trinajstić information content (AvgIpc) is 3.08. The molecule has 5 rings (SSSR count). The SMILES string of the molecule is COc1cccc(-c2cccc(CN3C[C@@H](c4cccnc4)[C@@]4(CCCCC(=O)N4)C3)c2)c1. The normalized spacial score (nSPS) is 23.3. The second kappa shape index (κ2) is 9.36. The van der Waals surface area contributed by atoms with E-state index in [2.05, 4.69) is 57.7 Å². The van der Waals surface area contributed by atoms with Crippen molar-refractivity contribution in [3.05, 3.63) is 84.2 Å². The zero-order valence-corrected chi connectivity index (χ0v) is 19.2. The number of hydrogen-bond donors (Lipinski definition) is 1. The quantitative estimate of drug-likeness (QED) is 0.619. The van der Waals surface area contributed by atoms with Crippen LogP contribution in [0.3, 0.4) is 0 Å². The molecule has 2 aliphatic heterocycles. The number of amides is 1. The number of nitrogens with zero attached hydrogens (tertiary/aromatic N) is 2. The number of carbonyl (C=O) groups is 1. The van der Waals surface area contributed by atoms with Gasteiger partial charge in [-0.25, -0.2) is 0 Å². The maximum atomic E-state index is 12.6. The summed E-state index contributed by atoms with van der Waals surface area (Å²) >= 11 is 0. The molecule has 5 heteroatoms. The molecule has 33 heavy (non-hydrogen) atoms. The summed E-state index contributed by atoms with van der Waals surface area (Å²) in [5.74, 6) is 1.29. The van der Waals surface area contributed by atoms with Crippen LogP contribution < -0.4 is 10.1 Å². The molecule has 2 atom stereocenters. The van der Waals surface area contributed by atoms with E-state index in [9.17, 15) is 4.79 Å². The molecule has 3 aromatic rings. The standard InChI is InChI=1S/C28H31N3O2/c1-33-25-11-5-9-23(16-25)22-8-4-7-21(15-22)18-31-19-26(24-10-6-14-29-17-24)28(20-31)13-3-2-12-27(32)30-28/h4-11,14-17,26H,2-3,12-13,18-20H2,1H3,(H,30,32)/t26-,28+/m0/s1. The zero-order chi connectivity index (χ0) is 22.7. The number of ether oxygens (including phenoxy) is 1. The molecule has 2 saturated heterocycles. The Hall–Kier alpha value is -3.18. The first-order valence-corrected chi connectivity index (χ1v) is 11.8. The van der Waals surface area contributed by atoms with Gasteiger partial charge >= 0.3 is 0 Å². The van der Waals surface area contributed by atoms with E-state index in [4.69, 9.17) is 4.74 Å². The smallest absolute Gasteiger partial charge is 0.220 e. The number of pyridine rings is 1. The van der Waals surface area contributed by atoms with Crippen LogP contribution in [-0.2, 0) is 11.3 Å². The fraction of sp³-hybridized carbons (Fsp3) is 0.357. The topological polar surface area (TPSA) is 54.5 Å². The number of aromatic nitrogens is 1. The van der Waals surface area contributed by atoms with Gasteiger partial charge in [0.05, 0.1) is 12.6 Å². The number of likely N-dealkylation sites (tertiary alicyclic amines) is 1. The van der Waals surface area contributed by atoms with E-state index < -0.39 is 0 Å². The van der Waals surface area contributed by atoms with E-state index in [0.29, 0.717) is 6.42 Å². The van der Waals surface area contributed by atoms with E-state index in [-0.39, 0.29) is 17.4 Å². The minimum atomic E-state index is -0.221. The van der Waals surface area contributed by atoms with Crippen molar-refractivity contribution in [1.82, 2.24) is 15.2 Å². The molecule has 1 N–H and O–H groups in total. The summed E-state index contributed by atoms with van der Waals surface area (Å²) in [6.45, 7) is 2.63. The third-order valence-electron chi connectivity index (χ3n) is 7.10. The van der Waals surface area contributed by atoms with Gasteiger partial charge in [0.1, 0.15) is 5.75 Å². The molecule has 5 nitrogen and oxygen atoms in total. The molecule has 1 spiro atoms. The lowest BCUT2D eigenvalue weighted by molar-refractivity contribution is -0.122. The highest BCUT2D eigenvalue weighted by molar-refractivity contribution is 5.77. The molecule has 2 fully saturated rings. The minimum Gasteiger partial charge on any atom is -0.497 e. The van der Waals surface area contributed by atoms with Gasteiger partial charge in [0.2, 0.25) is 5.91 Å². The first-order chi connectivity index (χ1) is 16.1. The van der Waals surface area contributed by atoms with Crippen molar-refractivity contribution < 1.29 is 9.53 Å². The second-order valence-electron chi connectivity index (χ2n) is 9.35. The lowest BCUT2D eigenvalue weighted by Crippen LogP contribution is -2.52. The van der Waals surface area contributed by atoms with Crippen molar-refractivity contribution in [3.8, 4) is 16.9 Å². The Balaban J connectivity index is 1.40. The van der Waals surface area contributed by atoms with Crippen LogP contribution in [0.5, 0.6) is 5.75 Å². The predicted octanol–water partition coefficient (Wildman–Crippen LogP) is 4.79. The maximum absolute atomic E-state index is 12.6. The monoisotopic (exact) mass is 441 g/mol. The summed E-state index contributed by atoms with van der Waals surface area (Å²) in [4.78, 5) is 19.5. The van der Waals surface area contributed by atoms with Gasteiger partial charge in [-0.2, -0.15) is 0 Å². The van der Waals surface area contributed by atoms with E-state index in [1.165, 1.54) is 16.7 Å². The van der Waals surface area contributed by atoms with Crippen LogP contribution in [0, 0.1) is 0 Å². The summed E-state index contributed by atoms with van der Waals surface area (Å²) in [6.07, 6.45) is 7.47. The molecule has 0 saturated carbocycles. The zero-order valence-electron chi connectivity index (χ0n) is 19.2. The summed E-state index contributed by atoms with van der Waals surface area (Å²) in [5.41, 5.74) is 4.61. The fourth-order valence-corrected chi connectivity index (χ4v) is 5.55. The van der Waals surface area contributed by atoms with Gasteiger partial charge in [0.25, 0.3) is 0 Å². The number of carbonyl (C=O) groups excluding carboxylic acids is 1. The van der Waals surface area contributed by atoms with Gasteiger partial charge < -0.3 is 10.1 Å². The fourth-order valence-electron chi connectivity index (χ4n) is 5.55. The van der Waals surface area contributed by atoms with E-state index in [0.717, 1.165) is 50.2 Å². The minimum absolute atomic E-state index is 0.184. The molecular formula is C28H31N3O2.